The van der Waals surface area contributed by atoms with Crippen molar-refractivity contribution in [2.45, 2.75) is 63.8 Å². The van der Waals surface area contributed by atoms with Crippen molar-refractivity contribution in [3.63, 3.8) is 0 Å². The molecule has 1 heterocycles. The predicted molar refractivity (Wildman–Crippen MR) is 87.3 cm³/mol. The molecule has 1 saturated carbocycles. The zero-order valence-corrected chi connectivity index (χ0v) is 13.6. The molecule has 1 N–H and O–H groups in total. The first-order valence-corrected chi connectivity index (χ1v) is 8.99. The van der Waals surface area contributed by atoms with E-state index in [2.05, 4.69) is 22.2 Å². The Morgan fingerprint density at radius 1 is 0.850 bits per heavy atom. The van der Waals surface area contributed by atoms with Gasteiger partial charge in [0.15, 0.2) is 0 Å². The largest absolute Gasteiger partial charge is 0.314 e. The first-order valence-electron chi connectivity index (χ1n) is 8.99. The molecule has 2 rings (SSSR count). The van der Waals surface area contributed by atoms with E-state index in [1.165, 1.54) is 97.1 Å². The molecule has 0 amide bonds. The van der Waals surface area contributed by atoms with Crippen LogP contribution in [0.5, 0.6) is 0 Å². The highest BCUT2D eigenvalue weighted by molar-refractivity contribution is 4.71. The fourth-order valence-corrected chi connectivity index (χ4v) is 3.59. The SMILES string of the molecule is CN1CCCN(CCCNC2CCCCCCC2)CC1. The van der Waals surface area contributed by atoms with Crippen LogP contribution in [0.1, 0.15) is 57.8 Å². The number of nitrogens with zero attached hydrogens (tertiary/aromatic N) is 2. The van der Waals surface area contributed by atoms with Gasteiger partial charge in [-0.15, -0.1) is 0 Å². The monoisotopic (exact) mass is 281 g/mol. The molecule has 1 aliphatic carbocycles. The van der Waals surface area contributed by atoms with Crippen LogP contribution in [0.2, 0.25) is 0 Å². The van der Waals surface area contributed by atoms with E-state index in [1.54, 1.807) is 0 Å². The van der Waals surface area contributed by atoms with Gasteiger partial charge in [0.1, 0.15) is 0 Å². The quantitative estimate of drug-likeness (QED) is 0.782. The van der Waals surface area contributed by atoms with Crippen LogP contribution in [-0.2, 0) is 0 Å². The summed E-state index contributed by atoms with van der Waals surface area (Å²) in [6, 6.07) is 0.811. The molecular formula is C17H35N3. The second kappa shape index (κ2) is 9.75. The van der Waals surface area contributed by atoms with Gasteiger partial charge in [0.2, 0.25) is 0 Å². The maximum atomic E-state index is 3.82. The topological polar surface area (TPSA) is 18.5 Å². The van der Waals surface area contributed by atoms with Crippen molar-refractivity contribution >= 4 is 0 Å². The minimum atomic E-state index is 0.811. The van der Waals surface area contributed by atoms with Crippen LogP contribution in [-0.4, -0.2) is 62.2 Å². The molecule has 2 aliphatic rings. The van der Waals surface area contributed by atoms with Gasteiger partial charge in [-0.1, -0.05) is 32.1 Å². The maximum Gasteiger partial charge on any atom is 0.0109 e. The zero-order valence-electron chi connectivity index (χ0n) is 13.6. The summed E-state index contributed by atoms with van der Waals surface area (Å²) in [5.41, 5.74) is 0. The van der Waals surface area contributed by atoms with Gasteiger partial charge in [0.25, 0.3) is 0 Å². The lowest BCUT2D eigenvalue weighted by molar-refractivity contribution is 0.269. The molecule has 3 nitrogen and oxygen atoms in total. The summed E-state index contributed by atoms with van der Waals surface area (Å²) >= 11 is 0. The van der Waals surface area contributed by atoms with E-state index in [0.29, 0.717) is 0 Å². The molecule has 0 atom stereocenters. The van der Waals surface area contributed by atoms with Crippen LogP contribution < -0.4 is 5.32 Å². The minimum Gasteiger partial charge on any atom is -0.314 e. The second-order valence-electron chi connectivity index (χ2n) is 6.85. The standard InChI is InChI=1S/C17H35N3/c1-19-12-8-14-20(16-15-19)13-7-11-18-17-9-5-3-2-4-6-10-17/h17-18H,2-16H2,1H3. The lowest BCUT2D eigenvalue weighted by Crippen LogP contribution is -2.34. The molecule has 1 saturated heterocycles. The molecule has 0 aromatic heterocycles. The molecule has 0 spiro atoms. The van der Waals surface area contributed by atoms with E-state index >= 15 is 0 Å². The van der Waals surface area contributed by atoms with Crippen molar-refractivity contribution in [3.8, 4) is 0 Å². The highest BCUT2D eigenvalue weighted by Crippen LogP contribution is 2.17. The number of nitrogens with one attached hydrogen (secondary N) is 1. The summed E-state index contributed by atoms with van der Waals surface area (Å²) < 4.78 is 0. The van der Waals surface area contributed by atoms with Crippen LogP contribution in [0.15, 0.2) is 0 Å². The van der Waals surface area contributed by atoms with E-state index < -0.39 is 0 Å². The van der Waals surface area contributed by atoms with Gasteiger partial charge in [0, 0.05) is 19.1 Å². The molecule has 118 valence electrons. The average molecular weight is 281 g/mol. The smallest absolute Gasteiger partial charge is 0.0109 e. The highest BCUT2D eigenvalue weighted by atomic mass is 15.2. The van der Waals surface area contributed by atoms with Crippen molar-refractivity contribution in [2.24, 2.45) is 0 Å². The number of rotatable bonds is 5. The van der Waals surface area contributed by atoms with Gasteiger partial charge in [-0.05, 0) is 58.9 Å². The zero-order chi connectivity index (χ0) is 14.0. The molecule has 0 aromatic carbocycles. The van der Waals surface area contributed by atoms with Crippen LogP contribution >= 0.6 is 0 Å². The molecule has 2 fully saturated rings. The van der Waals surface area contributed by atoms with Gasteiger partial charge < -0.3 is 15.1 Å². The number of likely N-dealkylation sites (N-methyl/N-ethyl adjacent to an activating group) is 1. The van der Waals surface area contributed by atoms with Crippen LogP contribution in [0.25, 0.3) is 0 Å². The number of hydrogen-bond acceptors (Lipinski definition) is 3. The molecule has 0 aromatic rings. The Kier molecular flexibility index (Phi) is 7.92. The number of hydrogen-bond donors (Lipinski definition) is 1. The third-order valence-corrected chi connectivity index (χ3v) is 5.00. The average Bonchev–Trinajstić information content (AvgIpc) is 2.61. The maximum absolute atomic E-state index is 3.82. The molecule has 0 bridgehead atoms. The Morgan fingerprint density at radius 3 is 2.40 bits per heavy atom. The lowest BCUT2D eigenvalue weighted by atomic mass is 9.97. The third-order valence-electron chi connectivity index (χ3n) is 5.00. The molecule has 0 radical (unpaired) electrons. The van der Waals surface area contributed by atoms with Crippen LogP contribution in [0.3, 0.4) is 0 Å². The van der Waals surface area contributed by atoms with E-state index in [1.807, 2.05) is 0 Å². The van der Waals surface area contributed by atoms with Crippen LogP contribution in [0, 0.1) is 0 Å². The molecule has 1 aliphatic heterocycles. The summed E-state index contributed by atoms with van der Waals surface area (Å²) in [5, 5.41) is 3.82. The van der Waals surface area contributed by atoms with E-state index in [-0.39, 0.29) is 0 Å². The first kappa shape index (κ1) is 16.3. The fourth-order valence-electron chi connectivity index (χ4n) is 3.59. The molecular weight excluding hydrogens is 246 g/mol. The first-order chi connectivity index (χ1) is 9.84. The molecule has 20 heavy (non-hydrogen) atoms. The highest BCUT2D eigenvalue weighted by Gasteiger charge is 2.12. The van der Waals surface area contributed by atoms with Crippen molar-refractivity contribution in [1.82, 2.24) is 15.1 Å². The predicted octanol–water partition coefficient (Wildman–Crippen LogP) is 2.72. The Morgan fingerprint density at radius 2 is 1.60 bits per heavy atom. The van der Waals surface area contributed by atoms with Crippen molar-refractivity contribution < 1.29 is 0 Å². The summed E-state index contributed by atoms with van der Waals surface area (Å²) in [5.74, 6) is 0. The van der Waals surface area contributed by atoms with Gasteiger partial charge >= 0.3 is 0 Å². The van der Waals surface area contributed by atoms with Gasteiger partial charge in [-0.25, -0.2) is 0 Å². The Labute approximate surface area is 126 Å². The Balaban J connectivity index is 1.53. The molecule has 3 heteroatoms. The van der Waals surface area contributed by atoms with E-state index in [0.717, 1.165) is 6.04 Å². The third kappa shape index (κ3) is 6.55. The van der Waals surface area contributed by atoms with Crippen LogP contribution in [0.4, 0.5) is 0 Å². The summed E-state index contributed by atoms with van der Waals surface area (Å²) in [6.07, 6.45) is 12.7. The van der Waals surface area contributed by atoms with Gasteiger partial charge in [-0.2, -0.15) is 0 Å². The fraction of sp³-hybridized carbons (Fsp3) is 1.00. The van der Waals surface area contributed by atoms with Gasteiger partial charge in [-0.3, -0.25) is 0 Å². The summed E-state index contributed by atoms with van der Waals surface area (Å²) in [7, 11) is 2.25. The lowest BCUT2D eigenvalue weighted by Gasteiger charge is -2.23. The van der Waals surface area contributed by atoms with Crippen molar-refractivity contribution in [2.75, 3.05) is 46.3 Å². The summed E-state index contributed by atoms with van der Waals surface area (Å²) in [6.45, 7) is 7.59. The van der Waals surface area contributed by atoms with E-state index in [9.17, 15) is 0 Å². The summed E-state index contributed by atoms with van der Waals surface area (Å²) in [4.78, 5) is 5.12. The minimum absolute atomic E-state index is 0.811. The van der Waals surface area contributed by atoms with E-state index in [4.69, 9.17) is 0 Å². The second-order valence-corrected chi connectivity index (χ2v) is 6.85. The van der Waals surface area contributed by atoms with Crippen molar-refractivity contribution in [1.29, 1.82) is 0 Å². The Bertz CT molecular complexity index is 230. The van der Waals surface area contributed by atoms with Gasteiger partial charge in [0.05, 0.1) is 0 Å². The Hall–Kier alpha value is -0.120. The van der Waals surface area contributed by atoms with Crippen molar-refractivity contribution in [3.05, 3.63) is 0 Å². The molecule has 0 unspecified atom stereocenters. The normalized spacial score (nSPS) is 25.1.